The summed E-state index contributed by atoms with van der Waals surface area (Å²) < 4.78 is 8.72. The van der Waals surface area contributed by atoms with E-state index in [1.807, 2.05) is 19.1 Å². The van der Waals surface area contributed by atoms with Crippen LogP contribution in [0.4, 0.5) is 0 Å². The lowest BCUT2D eigenvalue weighted by Crippen LogP contribution is -2.07. The van der Waals surface area contributed by atoms with E-state index in [-0.39, 0.29) is 0 Å². The number of aromatic nitrogens is 2. The molecule has 1 aliphatic rings. The van der Waals surface area contributed by atoms with Crippen molar-refractivity contribution in [3.63, 3.8) is 0 Å². The van der Waals surface area contributed by atoms with Gasteiger partial charge in [-0.3, -0.25) is 0 Å². The molecule has 1 saturated carbocycles. The van der Waals surface area contributed by atoms with E-state index in [4.69, 9.17) is 17.0 Å². The fraction of sp³-hybridized carbons (Fsp3) is 0.533. The fourth-order valence-corrected chi connectivity index (χ4v) is 3.34. The minimum Gasteiger partial charge on any atom is -0.492 e. The van der Waals surface area contributed by atoms with Crippen molar-refractivity contribution in [2.75, 3.05) is 6.61 Å². The Morgan fingerprint density at radius 2 is 2.16 bits per heavy atom. The van der Waals surface area contributed by atoms with Gasteiger partial charge in [-0.2, -0.15) is 0 Å². The van der Waals surface area contributed by atoms with Gasteiger partial charge in [-0.15, -0.1) is 0 Å². The number of aromatic amines is 1. The van der Waals surface area contributed by atoms with Crippen LogP contribution in [-0.2, 0) is 6.54 Å². The average Bonchev–Trinajstić information content (AvgIpc) is 3.01. The number of para-hydroxylation sites is 1. The molecule has 0 atom stereocenters. The molecule has 0 unspecified atom stereocenters. The van der Waals surface area contributed by atoms with Crippen molar-refractivity contribution >= 4 is 23.3 Å². The molecule has 0 radical (unpaired) electrons. The second-order valence-electron chi connectivity index (χ2n) is 5.27. The molecular formula is C15H20N2OS. The highest BCUT2D eigenvalue weighted by Crippen LogP contribution is 2.30. The molecule has 102 valence electrons. The van der Waals surface area contributed by atoms with Crippen LogP contribution in [0.2, 0.25) is 0 Å². The van der Waals surface area contributed by atoms with Crippen molar-refractivity contribution in [3.8, 4) is 5.75 Å². The zero-order valence-electron chi connectivity index (χ0n) is 11.3. The van der Waals surface area contributed by atoms with Crippen LogP contribution in [0.1, 0.15) is 32.6 Å². The molecular weight excluding hydrogens is 256 g/mol. The van der Waals surface area contributed by atoms with Gasteiger partial charge in [0.05, 0.1) is 12.1 Å². The van der Waals surface area contributed by atoms with Gasteiger partial charge in [-0.25, -0.2) is 0 Å². The van der Waals surface area contributed by atoms with Crippen molar-refractivity contribution < 1.29 is 4.74 Å². The molecule has 1 aliphatic carbocycles. The lowest BCUT2D eigenvalue weighted by molar-refractivity contribution is 0.343. The molecule has 0 saturated heterocycles. The van der Waals surface area contributed by atoms with Gasteiger partial charge in [0.2, 0.25) is 0 Å². The summed E-state index contributed by atoms with van der Waals surface area (Å²) in [4.78, 5) is 3.31. The molecule has 2 aromatic rings. The maximum Gasteiger partial charge on any atom is 0.178 e. The van der Waals surface area contributed by atoms with Gasteiger partial charge >= 0.3 is 0 Å². The standard InChI is InChI=1S/C15H20N2OS/c1-2-18-13-9-5-8-12-14(13)16-15(19)17(12)10-11-6-3-4-7-11/h5,8-9,11H,2-4,6-7,10H2,1H3,(H,16,19). The number of hydrogen-bond donors (Lipinski definition) is 1. The van der Waals surface area contributed by atoms with E-state index in [1.54, 1.807) is 0 Å². The summed E-state index contributed by atoms with van der Waals surface area (Å²) in [5.41, 5.74) is 2.20. The zero-order chi connectivity index (χ0) is 13.2. The molecule has 1 aromatic heterocycles. The molecule has 0 bridgehead atoms. The van der Waals surface area contributed by atoms with Crippen molar-refractivity contribution in [2.45, 2.75) is 39.2 Å². The van der Waals surface area contributed by atoms with E-state index in [9.17, 15) is 0 Å². The normalized spacial score (nSPS) is 16.3. The maximum absolute atomic E-state index is 5.67. The molecule has 1 fully saturated rings. The van der Waals surface area contributed by atoms with Crippen LogP contribution in [0.25, 0.3) is 11.0 Å². The Labute approximate surface area is 118 Å². The molecule has 0 spiro atoms. The summed E-state index contributed by atoms with van der Waals surface area (Å²) in [6.45, 7) is 3.71. The zero-order valence-corrected chi connectivity index (χ0v) is 12.1. The molecule has 3 nitrogen and oxygen atoms in total. The Kier molecular flexibility index (Phi) is 3.60. The Morgan fingerprint density at radius 1 is 1.37 bits per heavy atom. The quantitative estimate of drug-likeness (QED) is 0.844. The molecule has 0 amide bonds. The highest BCUT2D eigenvalue weighted by molar-refractivity contribution is 7.71. The summed E-state index contributed by atoms with van der Waals surface area (Å²) in [5.74, 6) is 1.68. The van der Waals surface area contributed by atoms with Gasteiger partial charge in [0.1, 0.15) is 11.3 Å². The minimum atomic E-state index is 0.674. The largest absolute Gasteiger partial charge is 0.492 e. The van der Waals surface area contributed by atoms with E-state index < -0.39 is 0 Å². The highest BCUT2D eigenvalue weighted by atomic mass is 32.1. The van der Waals surface area contributed by atoms with Crippen LogP contribution in [0.3, 0.4) is 0 Å². The van der Waals surface area contributed by atoms with Crippen LogP contribution in [0.5, 0.6) is 5.75 Å². The third-order valence-corrected chi connectivity index (χ3v) is 4.31. The lowest BCUT2D eigenvalue weighted by Gasteiger charge is -2.11. The second-order valence-corrected chi connectivity index (χ2v) is 5.66. The average molecular weight is 276 g/mol. The van der Waals surface area contributed by atoms with Crippen molar-refractivity contribution in [3.05, 3.63) is 23.0 Å². The number of imidazole rings is 1. The smallest absolute Gasteiger partial charge is 0.178 e. The van der Waals surface area contributed by atoms with Crippen LogP contribution in [0.15, 0.2) is 18.2 Å². The van der Waals surface area contributed by atoms with E-state index in [0.717, 1.165) is 28.5 Å². The first-order valence-electron chi connectivity index (χ1n) is 7.14. The third-order valence-electron chi connectivity index (χ3n) is 3.99. The van der Waals surface area contributed by atoms with Gasteiger partial charge in [0, 0.05) is 6.54 Å². The van der Waals surface area contributed by atoms with Crippen LogP contribution in [-0.4, -0.2) is 16.2 Å². The summed E-state index contributed by atoms with van der Waals surface area (Å²) in [7, 11) is 0. The molecule has 4 heteroatoms. The lowest BCUT2D eigenvalue weighted by atomic mass is 10.1. The molecule has 3 rings (SSSR count). The Hall–Kier alpha value is -1.29. The number of rotatable bonds is 4. The van der Waals surface area contributed by atoms with Crippen molar-refractivity contribution in [1.82, 2.24) is 9.55 Å². The first-order valence-corrected chi connectivity index (χ1v) is 7.54. The number of nitrogens with zero attached hydrogens (tertiary/aromatic N) is 1. The number of hydrogen-bond acceptors (Lipinski definition) is 2. The van der Waals surface area contributed by atoms with Gasteiger partial charge < -0.3 is 14.3 Å². The minimum absolute atomic E-state index is 0.674. The number of benzene rings is 1. The Bertz CT molecular complexity index is 623. The number of H-pyrrole nitrogens is 1. The van der Waals surface area contributed by atoms with Crippen LogP contribution < -0.4 is 4.74 Å². The predicted octanol–water partition coefficient (Wildman–Crippen LogP) is 4.29. The molecule has 1 heterocycles. The first kappa shape index (κ1) is 12.7. The van der Waals surface area contributed by atoms with E-state index >= 15 is 0 Å². The van der Waals surface area contributed by atoms with Gasteiger partial charge in [0.15, 0.2) is 4.77 Å². The topological polar surface area (TPSA) is 29.9 Å². The van der Waals surface area contributed by atoms with Crippen molar-refractivity contribution in [1.29, 1.82) is 0 Å². The molecule has 1 N–H and O–H groups in total. The summed E-state index contributed by atoms with van der Waals surface area (Å²) in [6.07, 6.45) is 5.40. The maximum atomic E-state index is 5.67. The van der Waals surface area contributed by atoms with Crippen LogP contribution in [0, 0.1) is 10.7 Å². The van der Waals surface area contributed by atoms with E-state index in [2.05, 4.69) is 15.6 Å². The van der Waals surface area contributed by atoms with Crippen molar-refractivity contribution in [2.24, 2.45) is 5.92 Å². The SMILES string of the molecule is CCOc1cccc2c1[nH]c(=S)n2CC1CCCC1. The fourth-order valence-electron chi connectivity index (χ4n) is 3.06. The third kappa shape index (κ3) is 2.41. The van der Waals surface area contributed by atoms with E-state index in [1.165, 1.54) is 31.2 Å². The van der Waals surface area contributed by atoms with Gasteiger partial charge in [0.25, 0.3) is 0 Å². The molecule has 1 aromatic carbocycles. The summed E-state index contributed by atoms with van der Waals surface area (Å²) >= 11 is 5.48. The highest BCUT2D eigenvalue weighted by Gasteiger charge is 2.18. The van der Waals surface area contributed by atoms with E-state index in [0.29, 0.717) is 6.61 Å². The molecule has 0 aliphatic heterocycles. The van der Waals surface area contributed by atoms with Gasteiger partial charge in [-0.05, 0) is 50.0 Å². The number of fused-ring (bicyclic) bond motifs is 1. The Morgan fingerprint density at radius 3 is 2.89 bits per heavy atom. The number of nitrogens with one attached hydrogen (secondary N) is 1. The first-order chi connectivity index (χ1) is 9.29. The monoisotopic (exact) mass is 276 g/mol. The second kappa shape index (κ2) is 5.37. The molecule has 19 heavy (non-hydrogen) atoms. The number of ether oxygens (including phenoxy) is 1. The van der Waals surface area contributed by atoms with Gasteiger partial charge in [-0.1, -0.05) is 18.9 Å². The summed E-state index contributed by atoms with van der Waals surface area (Å²) in [6, 6.07) is 6.16. The predicted molar refractivity (Wildman–Crippen MR) is 80.2 cm³/mol. The van der Waals surface area contributed by atoms with Crippen LogP contribution >= 0.6 is 12.2 Å². The Balaban J connectivity index is 2.01. The summed E-state index contributed by atoms with van der Waals surface area (Å²) in [5, 5.41) is 0.